The number of hydrogen-bond donors (Lipinski definition) is 1. The van der Waals surface area contributed by atoms with Crippen molar-refractivity contribution in [2.75, 3.05) is 16.8 Å². The van der Waals surface area contributed by atoms with Crippen molar-refractivity contribution in [2.24, 2.45) is 11.8 Å². The molecule has 4 atom stereocenters. The molecule has 6 rings (SSSR count). The minimum absolute atomic E-state index is 0.207. The van der Waals surface area contributed by atoms with Crippen LogP contribution in [0, 0.1) is 24.2 Å². The van der Waals surface area contributed by atoms with E-state index in [-0.39, 0.29) is 28.6 Å². The van der Waals surface area contributed by atoms with Gasteiger partial charge in [-0.25, -0.2) is 34.7 Å². The van der Waals surface area contributed by atoms with E-state index in [0.717, 1.165) is 43.1 Å². The van der Waals surface area contributed by atoms with Gasteiger partial charge in [-0.2, -0.15) is 5.10 Å². The van der Waals surface area contributed by atoms with Gasteiger partial charge in [-0.1, -0.05) is 17.7 Å². The monoisotopic (exact) mass is 579 g/mol. The molecule has 4 heterocycles. The predicted molar refractivity (Wildman–Crippen MR) is 143 cm³/mol. The van der Waals surface area contributed by atoms with Crippen LogP contribution >= 0.6 is 11.6 Å². The van der Waals surface area contributed by atoms with E-state index in [1.807, 2.05) is 11.8 Å². The number of aromatic nitrogens is 6. The van der Waals surface area contributed by atoms with E-state index in [1.165, 1.54) is 6.20 Å². The van der Waals surface area contributed by atoms with Gasteiger partial charge in [-0.3, -0.25) is 24.2 Å². The van der Waals surface area contributed by atoms with E-state index in [1.54, 1.807) is 23.3 Å². The summed E-state index contributed by atoms with van der Waals surface area (Å²) in [5.41, 5.74) is -0.496. The first kappa shape index (κ1) is 26.6. The summed E-state index contributed by atoms with van der Waals surface area (Å²) in [5.74, 6) is -0.279. The van der Waals surface area contributed by atoms with Crippen LogP contribution in [-0.2, 0) is 0 Å². The highest BCUT2D eigenvalue weighted by Crippen LogP contribution is 2.50. The van der Waals surface area contributed by atoms with Crippen molar-refractivity contribution in [1.29, 1.82) is 0 Å². The number of halogens is 4. The van der Waals surface area contributed by atoms with Gasteiger partial charge in [0.25, 0.3) is 12.3 Å². The molecule has 41 heavy (non-hydrogen) atoms. The second-order valence-electron chi connectivity index (χ2n) is 9.93. The van der Waals surface area contributed by atoms with Crippen molar-refractivity contribution < 1.29 is 18.0 Å². The molecule has 1 N–H and O–H groups in total. The summed E-state index contributed by atoms with van der Waals surface area (Å²) in [6.45, 7) is 10.2. The molecule has 3 aromatic heterocycles. The van der Waals surface area contributed by atoms with Gasteiger partial charge < -0.3 is 5.32 Å². The highest BCUT2D eigenvalue weighted by Gasteiger charge is 2.58. The van der Waals surface area contributed by atoms with Crippen LogP contribution in [0.5, 0.6) is 0 Å². The van der Waals surface area contributed by atoms with Crippen molar-refractivity contribution in [3.63, 3.8) is 0 Å². The quantitative estimate of drug-likeness (QED) is 0.291. The summed E-state index contributed by atoms with van der Waals surface area (Å²) in [5, 5.41) is 6.59. The normalized spacial score (nSPS) is 20.0. The molecule has 1 aliphatic heterocycles. The van der Waals surface area contributed by atoms with Gasteiger partial charge in [0.2, 0.25) is 5.95 Å². The summed E-state index contributed by atoms with van der Waals surface area (Å²) in [6.07, 6.45) is 6.54. The molecule has 1 aliphatic carbocycles. The molecule has 1 saturated carbocycles. The number of alkyl halides is 2. The van der Waals surface area contributed by atoms with E-state index < -0.39 is 29.3 Å². The average molecular weight is 580 g/mol. The van der Waals surface area contributed by atoms with Crippen molar-refractivity contribution in [3.8, 4) is 11.3 Å². The third-order valence-electron chi connectivity index (χ3n) is 7.38. The van der Waals surface area contributed by atoms with Crippen LogP contribution in [0.25, 0.3) is 16.1 Å². The first-order chi connectivity index (χ1) is 19.7. The van der Waals surface area contributed by atoms with Gasteiger partial charge in [0, 0.05) is 41.8 Å². The van der Waals surface area contributed by atoms with Gasteiger partial charge in [-0.15, -0.1) is 0 Å². The minimum atomic E-state index is -2.99. The van der Waals surface area contributed by atoms with Gasteiger partial charge in [0.1, 0.15) is 5.69 Å². The second-order valence-corrected chi connectivity index (χ2v) is 10.3. The van der Waals surface area contributed by atoms with Gasteiger partial charge in [0.15, 0.2) is 5.82 Å². The molecule has 4 aromatic rings. The molecular formula is C27H21ClF3N9O. The number of hydrogen-bond acceptors (Lipinski definition) is 7. The maximum atomic E-state index is 14.7. The number of nitrogens with one attached hydrogen (secondary N) is 1. The maximum Gasteiger partial charge on any atom is 0.303 e. The smallest absolute Gasteiger partial charge is 0.303 e. The van der Waals surface area contributed by atoms with Crippen LogP contribution in [0.2, 0.25) is 5.02 Å². The Kier molecular flexibility index (Phi) is 6.78. The fourth-order valence-corrected chi connectivity index (χ4v) is 5.22. The number of piperidine rings is 1. The second kappa shape index (κ2) is 10.4. The van der Waals surface area contributed by atoms with Crippen molar-refractivity contribution in [1.82, 2.24) is 29.7 Å². The molecule has 0 bridgehead atoms. The zero-order valence-corrected chi connectivity index (χ0v) is 22.2. The van der Waals surface area contributed by atoms with E-state index in [2.05, 4.69) is 35.2 Å². The number of carbonyl (C=O) groups is 1. The highest BCUT2D eigenvalue weighted by molar-refractivity contribution is 6.31. The number of nitrogens with zero attached hydrogens (tertiary/aromatic N) is 8. The first-order valence-corrected chi connectivity index (χ1v) is 13.0. The predicted octanol–water partition coefficient (Wildman–Crippen LogP) is 5.42. The molecule has 2 aliphatic rings. The fraction of sp³-hybridized carbons (Fsp3) is 0.296. The topological polar surface area (TPSA) is 106 Å². The first-order valence-electron chi connectivity index (χ1n) is 12.6. The maximum absolute atomic E-state index is 14.7. The Labute approximate surface area is 237 Å². The lowest BCUT2D eigenvalue weighted by atomic mass is 10.0. The number of amides is 1. The Morgan fingerprint density at radius 2 is 1.98 bits per heavy atom. The lowest BCUT2D eigenvalue weighted by Crippen LogP contribution is -2.32. The Hall–Kier alpha value is -4.57. The molecule has 0 unspecified atom stereocenters. The van der Waals surface area contributed by atoms with Crippen LogP contribution in [0.1, 0.15) is 47.4 Å². The zero-order chi connectivity index (χ0) is 28.8. The van der Waals surface area contributed by atoms with Crippen molar-refractivity contribution in [2.45, 2.75) is 32.0 Å². The molecule has 0 spiro atoms. The molecule has 1 saturated heterocycles. The molecule has 0 radical (unpaired) electrons. The van der Waals surface area contributed by atoms with Crippen LogP contribution in [0.15, 0.2) is 49.3 Å². The Morgan fingerprint density at radius 1 is 1.20 bits per heavy atom. The summed E-state index contributed by atoms with van der Waals surface area (Å²) in [4.78, 5) is 35.5. The SMILES string of the molecule is [C-]#[N+][C@H]1[C@H]2C[C@H]2CN1c1ncc([C@H](C)n2cc(NC(=O)c3cncc(-c4c(C(F)F)ccc(Cl)c4F)n3)cn2)cn1. The van der Waals surface area contributed by atoms with E-state index in [4.69, 9.17) is 18.2 Å². The average Bonchev–Trinajstić information content (AvgIpc) is 3.41. The Balaban J connectivity index is 1.16. The number of rotatable bonds is 7. The van der Waals surface area contributed by atoms with Crippen LogP contribution in [0.4, 0.5) is 24.8 Å². The summed E-state index contributed by atoms with van der Waals surface area (Å²) in [6, 6.07) is 1.76. The standard InChI is InChI=1S/C27H21ClF3N9O/c1-13(15-6-34-27(35-7-15)39-11-14-5-18(14)25(39)32-2)40-12-16(8-36-40)37-26(41)21-10-33-9-20(38-21)22-17(24(30)31)3-4-19(28)23(22)29/h3-4,6-10,12-14,18,24-25H,5,11H2,1H3,(H,37,41)/t13-,14-,18-,25+/m0/s1. The van der Waals surface area contributed by atoms with E-state index in [0.29, 0.717) is 23.5 Å². The molecular weight excluding hydrogens is 559 g/mol. The van der Waals surface area contributed by atoms with E-state index in [9.17, 15) is 18.0 Å². The largest absolute Gasteiger partial charge is 0.318 e. The molecule has 10 nitrogen and oxygen atoms in total. The molecule has 14 heteroatoms. The van der Waals surface area contributed by atoms with E-state index >= 15 is 0 Å². The number of carbonyl (C=O) groups excluding carboxylic acids is 1. The number of fused-ring (bicyclic) bond motifs is 1. The molecule has 1 aromatic carbocycles. The summed E-state index contributed by atoms with van der Waals surface area (Å²) >= 11 is 5.80. The fourth-order valence-electron chi connectivity index (χ4n) is 5.06. The lowest BCUT2D eigenvalue weighted by Gasteiger charge is -2.19. The summed E-state index contributed by atoms with van der Waals surface area (Å²) < 4.78 is 43.4. The van der Waals surface area contributed by atoms with Gasteiger partial charge in [0.05, 0.1) is 47.0 Å². The van der Waals surface area contributed by atoms with Crippen molar-refractivity contribution >= 4 is 29.1 Å². The minimum Gasteiger partial charge on any atom is -0.318 e. The zero-order valence-electron chi connectivity index (χ0n) is 21.4. The molecule has 2 fully saturated rings. The van der Waals surface area contributed by atoms with Crippen molar-refractivity contribution in [3.05, 3.63) is 88.4 Å². The van der Waals surface area contributed by atoms with Crippen LogP contribution < -0.4 is 10.2 Å². The molecule has 208 valence electrons. The Bertz CT molecular complexity index is 1670. The van der Waals surface area contributed by atoms with Crippen LogP contribution in [-0.4, -0.2) is 48.3 Å². The Morgan fingerprint density at radius 3 is 2.71 bits per heavy atom. The highest BCUT2D eigenvalue weighted by atomic mass is 35.5. The third kappa shape index (κ3) is 4.95. The third-order valence-corrected chi connectivity index (χ3v) is 7.67. The van der Waals surface area contributed by atoms with Crippen LogP contribution in [0.3, 0.4) is 0 Å². The van der Waals surface area contributed by atoms with Gasteiger partial charge >= 0.3 is 6.17 Å². The number of anilines is 2. The lowest BCUT2D eigenvalue weighted by molar-refractivity contribution is 0.102. The molecule has 1 amide bonds. The summed E-state index contributed by atoms with van der Waals surface area (Å²) in [7, 11) is 0. The van der Waals surface area contributed by atoms with Gasteiger partial charge in [-0.05, 0) is 25.3 Å². The number of benzene rings is 1.